The molecule has 3 aromatic rings. The van der Waals surface area contributed by atoms with Gasteiger partial charge in [0.1, 0.15) is 0 Å². The van der Waals surface area contributed by atoms with Gasteiger partial charge in [-0.05, 0) is 12.3 Å². The first-order valence-corrected chi connectivity index (χ1v) is 6.45. The highest BCUT2D eigenvalue weighted by Crippen LogP contribution is 2.16. The van der Waals surface area contributed by atoms with Crippen LogP contribution in [0.15, 0.2) is 40.5 Å². The summed E-state index contributed by atoms with van der Waals surface area (Å²) in [7, 11) is 0. The number of fused-ring (bicyclic) bond motifs is 1. The Kier molecular flexibility index (Phi) is 2.60. The second-order valence-electron chi connectivity index (χ2n) is 3.56. The lowest BCUT2D eigenvalue weighted by atomic mass is 10.3. The average Bonchev–Trinajstić information content (AvgIpc) is 2.87. The summed E-state index contributed by atoms with van der Waals surface area (Å²) >= 11 is 1.45. The Labute approximate surface area is 106 Å². The first-order chi connectivity index (χ1) is 8.78. The first kappa shape index (κ1) is 11.0. The molecule has 0 bridgehead atoms. The molecule has 0 aromatic carbocycles. The predicted octanol–water partition coefficient (Wildman–Crippen LogP) is 1.20. The van der Waals surface area contributed by atoms with E-state index < -0.39 is 0 Å². The standard InChI is InChI=1S/C11H9N5OS/c1-18-11-12-4-2-7(15-11)8-6-10(17)16-9(14-8)3-5-13-16/h2-6,13H,1H3. The fraction of sp³-hybridized carbons (Fsp3) is 0.0909. The van der Waals surface area contributed by atoms with Gasteiger partial charge in [0.25, 0.3) is 5.56 Å². The van der Waals surface area contributed by atoms with Crippen LogP contribution < -0.4 is 5.56 Å². The number of hydrogen-bond acceptors (Lipinski definition) is 5. The van der Waals surface area contributed by atoms with Crippen LogP contribution >= 0.6 is 11.8 Å². The van der Waals surface area contributed by atoms with Gasteiger partial charge >= 0.3 is 0 Å². The van der Waals surface area contributed by atoms with Crippen molar-refractivity contribution < 1.29 is 0 Å². The zero-order valence-electron chi connectivity index (χ0n) is 9.49. The Balaban J connectivity index is 2.21. The smallest absolute Gasteiger partial charge is 0.273 e. The quantitative estimate of drug-likeness (QED) is 0.553. The molecular formula is C11H9N5OS. The third kappa shape index (κ3) is 1.78. The first-order valence-electron chi connectivity index (χ1n) is 5.22. The van der Waals surface area contributed by atoms with Crippen molar-refractivity contribution in [2.45, 2.75) is 5.16 Å². The molecule has 0 saturated heterocycles. The van der Waals surface area contributed by atoms with Gasteiger partial charge in [0.15, 0.2) is 10.8 Å². The Hall–Kier alpha value is -2.15. The summed E-state index contributed by atoms with van der Waals surface area (Å²) in [5.41, 5.74) is 1.61. The second kappa shape index (κ2) is 4.26. The van der Waals surface area contributed by atoms with Crippen molar-refractivity contribution in [1.82, 2.24) is 24.6 Å². The highest BCUT2D eigenvalue weighted by Gasteiger charge is 2.07. The Morgan fingerprint density at radius 2 is 2.17 bits per heavy atom. The van der Waals surface area contributed by atoms with Crippen LogP contribution in [-0.4, -0.2) is 30.8 Å². The summed E-state index contributed by atoms with van der Waals surface area (Å²) in [6.45, 7) is 0. The maximum absolute atomic E-state index is 11.8. The molecule has 0 amide bonds. The van der Waals surface area contributed by atoms with Crippen LogP contribution in [0.2, 0.25) is 0 Å². The maximum Gasteiger partial charge on any atom is 0.273 e. The van der Waals surface area contributed by atoms with E-state index in [1.807, 2.05) is 6.26 Å². The fourth-order valence-electron chi connectivity index (χ4n) is 1.64. The van der Waals surface area contributed by atoms with Gasteiger partial charge in [-0.1, -0.05) is 11.8 Å². The van der Waals surface area contributed by atoms with Gasteiger partial charge in [-0.2, -0.15) is 0 Å². The van der Waals surface area contributed by atoms with Crippen LogP contribution in [0.4, 0.5) is 0 Å². The molecule has 0 aliphatic heterocycles. The molecule has 0 atom stereocenters. The highest BCUT2D eigenvalue weighted by molar-refractivity contribution is 7.98. The Morgan fingerprint density at radius 3 is 3.00 bits per heavy atom. The zero-order valence-corrected chi connectivity index (χ0v) is 10.3. The van der Waals surface area contributed by atoms with E-state index in [9.17, 15) is 4.79 Å². The molecule has 0 fully saturated rings. The van der Waals surface area contributed by atoms with Gasteiger partial charge in [-0.3, -0.25) is 9.89 Å². The van der Waals surface area contributed by atoms with Gasteiger partial charge < -0.3 is 0 Å². The number of nitrogens with zero attached hydrogens (tertiary/aromatic N) is 4. The summed E-state index contributed by atoms with van der Waals surface area (Å²) in [6, 6.07) is 4.93. The molecule has 6 nitrogen and oxygen atoms in total. The van der Waals surface area contributed by atoms with Crippen LogP contribution in [0.25, 0.3) is 17.0 Å². The van der Waals surface area contributed by atoms with Crippen LogP contribution in [0, 0.1) is 0 Å². The van der Waals surface area contributed by atoms with E-state index >= 15 is 0 Å². The molecule has 90 valence electrons. The van der Waals surface area contributed by atoms with Crippen molar-refractivity contribution in [3.63, 3.8) is 0 Å². The molecule has 0 unspecified atom stereocenters. The van der Waals surface area contributed by atoms with Crippen molar-refractivity contribution in [3.05, 3.63) is 40.9 Å². The molecule has 18 heavy (non-hydrogen) atoms. The Bertz CT molecular complexity index is 763. The largest absolute Gasteiger partial charge is 0.297 e. The van der Waals surface area contributed by atoms with Crippen LogP contribution in [-0.2, 0) is 0 Å². The lowest BCUT2D eigenvalue weighted by Crippen LogP contribution is -2.14. The normalized spacial score (nSPS) is 10.9. The van der Waals surface area contributed by atoms with Crippen molar-refractivity contribution in [2.75, 3.05) is 6.26 Å². The average molecular weight is 259 g/mol. The van der Waals surface area contributed by atoms with Gasteiger partial charge in [0.05, 0.1) is 11.4 Å². The number of aromatic amines is 1. The molecule has 0 saturated carbocycles. The lowest BCUT2D eigenvalue weighted by Gasteiger charge is -2.01. The van der Waals surface area contributed by atoms with Gasteiger partial charge in [-0.15, -0.1) is 0 Å². The van der Waals surface area contributed by atoms with E-state index in [1.165, 1.54) is 22.3 Å². The van der Waals surface area contributed by atoms with Crippen molar-refractivity contribution in [1.29, 1.82) is 0 Å². The number of nitrogens with one attached hydrogen (secondary N) is 1. The topological polar surface area (TPSA) is 75.9 Å². The van der Waals surface area contributed by atoms with Gasteiger partial charge in [0.2, 0.25) is 0 Å². The second-order valence-corrected chi connectivity index (χ2v) is 4.34. The minimum atomic E-state index is -0.163. The van der Waals surface area contributed by atoms with E-state index in [2.05, 4.69) is 20.1 Å². The van der Waals surface area contributed by atoms with E-state index in [0.29, 0.717) is 22.2 Å². The predicted molar refractivity (Wildman–Crippen MR) is 68.6 cm³/mol. The summed E-state index contributed by atoms with van der Waals surface area (Å²) in [6.07, 6.45) is 5.23. The number of aromatic nitrogens is 5. The molecule has 3 heterocycles. The molecule has 0 aliphatic carbocycles. The number of hydrogen-bond donors (Lipinski definition) is 1. The van der Waals surface area contributed by atoms with E-state index in [4.69, 9.17) is 0 Å². The third-order valence-corrected chi connectivity index (χ3v) is 3.02. The van der Waals surface area contributed by atoms with E-state index in [-0.39, 0.29) is 5.56 Å². The van der Waals surface area contributed by atoms with Crippen molar-refractivity contribution in [2.24, 2.45) is 0 Å². The van der Waals surface area contributed by atoms with E-state index in [1.54, 1.807) is 24.5 Å². The third-order valence-electron chi connectivity index (χ3n) is 2.46. The molecule has 3 rings (SSSR count). The molecule has 0 radical (unpaired) electrons. The molecule has 1 N–H and O–H groups in total. The summed E-state index contributed by atoms with van der Waals surface area (Å²) in [5, 5.41) is 3.45. The van der Waals surface area contributed by atoms with E-state index in [0.717, 1.165) is 0 Å². The number of H-pyrrole nitrogens is 1. The van der Waals surface area contributed by atoms with Crippen LogP contribution in [0.5, 0.6) is 0 Å². The zero-order chi connectivity index (χ0) is 12.5. The molecular weight excluding hydrogens is 250 g/mol. The summed E-state index contributed by atoms with van der Waals surface area (Å²) < 4.78 is 1.38. The van der Waals surface area contributed by atoms with Crippen molar-refractivity contribution >= 4 is 17.4 Å². The monoisotopic (exact) mass is 259 g/mol. The minimum absolute atomic E-state index is 0.163. The lowest BCUT2D eigenvalue weighted by molar-refractivity contribution is 0.896. The van der Waals surface area contributed by atoms with Crippen molar-refractivity contribution in [3.8, 4) is 11.4 Å². The summed E-state index contributed by atoms with van der Waals surface area (Å²) in [4.78, 5) is 24.6. The summed E-state index contributed by atoms with van der Waals surface area (Å²) in [5.74, 6) is 0. The van der Waals surface area contributed by atoms with Crippen LogP contribution in [0.3, 0.4) is 0 Å². The fourth-order valence-corrected chi connectivity index (χ4v) is 2.00. The highest BCUT2D eigenvalue weighted by atomic mass is 32.2. The van der Waals surface area contributed by atoms with Gasteiger partial charge in [-0.25, -0.2) is 19.5 Å². The SMILES string of the molecule is CSc1nccc(-c2cc(=O)n3[nH]ccc3n2)n1. The Morgan fingerprint density at radius 1 is 1.28 bits per heavy atom. The molecule has 0 spiro atoms. The number of thioether (sulfide) groups is 1. The number of rotatable bonds is 2. The van der Waals surface area contributed by atoms with Crippen LogP contribution in [0.1, 0.15) is 0 Å². The molecule has 3 aromatic heterocycles. The minimum Gasteiger partial charge on any atom is -0.297 e. The molecule has 7 heteroatoms. The van der Waals surface area contributed by atoms with Gasteiger partial charge in [0, 0.05) is 24.5 Å². The maximum atomic E-state index is 11.8. The molecule has 0 aliphatic rings.